The highest BCUT2D eigenvalue weighted by Crippen LogP contribution is 2.46. The molecule has 304 valence electrons. The van der Waals surface area contributed by atoms with Crippen molar-refractivity contribution < 1.29 is 8.83 Å². The summed E-state index contributed by atoms with van der Waals surface area (Å²) in [4.78, 5) is 0. The maximum Gasteiger partial charge on any atom is 0.145 e. The Morgan fingerprint density at radius 3 is 1.65 bits per heavy atom. The third kappa shape index (κ3) is 4.98. The molecule has 0 spiro atoms. The van der Waals surface area contributed by atoms with Crippen LogP contribution in [0.25, 0.3) is 132 Å². The topological polar surface area (TPSA) is 83.7 Å². The average molecular weight is 841 g/mol. The molecule has 0 fully saturated rings. The van der Waals surface area contributed by atoms with Gasteiger partial charge in [0.05, 0.1) is 50.0 Å². The average Bonchev–Trinajstić information content (AvgIpc) is 4.12. The lowest BCUT2D eigenvalue weighted by molar-refractivity contribution is 0.669. The summed E-state index contributed by atoms with van der Waals surface area (Å²) in [6.07, 6.45) is 0. The summed E-state index contributed by atoms with van der Waals surface area (Å²) in [6, 6.07) is 72.0. The second kappa shape index (κ2) is 13.6. The molecule has 0 radical (unpaired) electrons. The van der Waals surface area contributed by atoms with E-state index in [0.717, 1.165) is 126 Å². The molecular formula is C60H32N4O2. The second-order valence-corrected chi connectivity index (χ2v) is 17.0. The van der Waals surface area contributed by atoms with Crippen molar-refractivity contribution in [1.82, 2.24) is 9.13 Å². The Kier molecular flexibility index (Phi) is 7.43. The van der Waals surface area contributed by atoms with E-state index in [-0.39, 0.29) is 5.56 Å². The third-order valence-electron chi connectivity index (χ3n) is 13.6. The summed E-state index contributed by atoms with van der Waals surface area (Å²) >= 11 is 0. The van der Waals surface area contributed by atoms with Gasteiger partial charge >= 0.3 is 0 Å². The number of nitriles is 2. The van der Waals surface area contributed by atoms with E-state index in [2.05, 4.69) is 155 Å². The van der Waals surface area contributed by atoms with E-state index in [4.69, 9.17) is 8.83 Å². The molecule has 4 heterocycles. The van der Waals surface area contributed by atoms with Crippen molar-refractivity contribution in [3.63, 3.8) is 0 Å². The van der Waals surface area contributed by atoms with Crippen LogP contribution in [0.3, 0.4) is 0 Å². The molecule has 0 saturated heterocycles. The first-order valence-corrected chi connectivity index (χ1v) is 21.9. The SMILES string of the molecule is N#Cc1ccc(-n2c3ccc(-c4ccccc4)cc3c3c4oc5ccccc5c4ccc32)c(-n2c3ccc(-c4ccccc4)cc3c3c4cc5oc6ccccc6c5cc4ccc32)c1C#N. The first-order chi connectivity index (χ1) is 32.6. The fourth-order valence-electron chi connectivity index (χ4n) is 10.7. The van der Waals surface area contributed by atoms with Crippen molar-refractivity contribution in [2.24, 2.45) is 0 Å². The van der Waals surface area contributed by atoms with Crippen molar-refractivity contribution in [3.05, 3.63) is 205 Å². The molecule has 6 nitrogen and oxygen atoms in total. The molecule has 0 aliphatic carbocycles. The maximum atomic E-state index is 11.3. The lowest BCUT2D eigenvalue weighted by atomic mass is 9.99. The van der Waals surface area contributed by atoms with Crippen LogP contribution in [0.2, 0.25) is 0 Å². The van der Waals surface area contributed by atoms with Gasteiger partial charge in [-0.15, -0.1) is 0 Å². The van der Waals surface area contributed by atoms with Crippen LogP contribution in [0.5, 0.6) is 0 Å². The predicted octanol–water partition coefficient (Wildman–Crippen LogP) is 15.9. The van der Waals surface area contributed by atoms with E-state index in [1.165, 1.54) is 0 Å². The standard InChI is InChI=1S/C60H32N4O2/c61-33-40-22-27-53(63-49-24-19-38(36-13-5-2-6-14-36)30-47(49)58-52(63)28-23-43-41-15-7-10-18-55(41)66-60(43)58)59(48(40)34-62)64-50-25-20-37(35-11-3-1-4-12-35)29-46(50)57-44-32-56-45(31-39(44)21-26-51(57)64)42-16-8-9-17-54(42)65-56/h1-32H. The van der Waals surface area contributed by atoms with Crippen LogP contribution < -0.4 is 0 Å². The van der Waals surface area contributed by atoms with E-state index >= 15 is 0 Å². The van der Waals surface area contributed by atoms with E-state index in [1.54, 1.807) is 6.07 Å². The van der Waals surface area contributed by atoms with Crippen molar-refractivity contribution in [2.75, 3.05) is 0 Å². The Morgan fingerprint density at radius 1 is 0.364 bits per heavy atom. The fraction of sp³-hybridized carbons (Fsp3) is 0. The molecule has 10 aromatic carbocycles. The van der Waals surface area contributed by atoms with Crippen molar-refractivity contribution in [3.8, 4) is 45.8 Å². The van der Waals surface area contributed by atoms with Gasteiger partial charge in [-0.05, 0) is 112 Å². The molecule has 14 rings (SSSR count). The lowest BCUT2D eigenvalue weighted by Gasteiger charge is -2.19. The van der Waals surface area contributed by atoms with E-state index < -0.39 is 0 Å². The second-order valence-electron chi connectivity index (χ2n) is 17.0. The van der Waals surface area contributed by atoms with Crippen molar-refractivity contribution in [1.29, 1.82) is 10.5 Å². The summed E-state index contributed by atoms with van der Waals surface area (Å²) < 4.78 is 17.7. The smallest absolute Gasteiger partial charge is 0.145 e. The first kappa shape index (κ1) is 36.2. The van der Waals surface area contributed by atoms with Crippen LogP contribution in [-0.4, -0.2) is 9.13 Å². The molecule has 14 aromatic rings. The van der Waals surface area contributed by atoms with Gasteiger partial charge in [0.25, 0.3) is 0 Å². The monoisotopic (exact) mass is 840 g/mol. The molecule has 66 heavy (non-hydrogen) atoms. The zero-order valence-corrected chi connectivity index (χ0v) is 35.1. The molecule has 0 bridgehead atoms. The fourth-order valence-corrected chi connectivity index (χ4v) is 10.7. The van der Waals surface area contributed by atoms with Gasteiger partial charge in [0.2, 0.25) is 0 Å². The number of hydrogen-bond acceptors (Lipinski definition) is 4. The Bertz CT molecular complexity index is 4480. The van der Waals surface area contributed by atoms with E-state index in [1.807, 2.05) is 54.6 Å². The quantitative estimate of drug-likeness (QED) is 0.177. The molecule has 0 atom stereocenters. The molecule has 0 aliphatic rings. The number of aromatic nitrogens is 2. The minimum atomic E-state index is 0.287. The zero-order chi connectivity index (χ0) is 43.6. The predicted molar refractivity (Wildman–Crippen MR) is 267 cm³/mol. The molecule has 0 amide bonds. The number of hydrogen-bond donors (Lipinski definition) is 0. The van der Waals surface area contributed by atoms with Gasteiger partial charge in [0, 0.05) is 37.7 Å². The molecular weight excluding hydrogens is 809 g/mol. The van der Waals surface area contributed by atoms with Crippen molar-refractivity contribution in [2.45, 2.75) is 0 Å². The Hall–Kier alpha value is -9.36. The molecule has 4 aromatic heterocycles. The van der Waals surface area contributed by atoms with Gasteiger partial charge in [0.1, 0.15) is 34.5 Å². The van der Waals surface area contributed by atoms with Crippen LogP contribution in [-0.2, 0) is 0 Å². The Balaban J connectivity index is 1.14. The Morgan fingerprint density at radius 2 is 0.955 bits per heavy atom. The minimum Gasteiger partial charge on any atom is -0.456 e. The third-order valence-corrected chi connectivity index (χ3v) is 13.6. The first-order valence-electron chi connectivity index (χ1n) is 21.9. The molecule has 6 heteroatoms. The summed E-state index contributed by atoms with van der Waals surface area (Å²) in [6.45, 7) is 0. The van der Waals surface area contributed by atoms with Gasteiger partial charge in [-0.2, -0.15) is 10.5 Å². The highest BCUT2D eigenvalue weighted by atomic mass is 16.3. The number of furan rings is 2. The van der Waals surface area contributed by atoms with Crippen LogP contribution in [0.15, 0.2) is 203 Å². The summed E-state index contributed by atoms with van der Waals surface area (Å²) in [5, 5.41) is 32.4. The summed E-state index contributed by atoms with van der Waals surface area (Å²) in [5.74, 6) is 0. The number of nitrogens with zero attached hydrogens (tertiary/aromatic N) is 4. The van der Waals surface area contributed by atoms with Gasteiger partial charge in [0.15, 0.2) is 0 Å². The Labute approximate surface area is 376 Å². The van der Waals surface area contributed by atoms with Gasteiger partial charge in [-0.3, -0.25) is 0 Å². The normalized spacial score (nSPS) is 11.9. The summed E-state index contributed by atoms with van der Waals surface area (Å²) in [7, 11) is 0. The van der Waals surface area contributed by atoms with Gasteiger partial charge < -0.3 is 18.0 Å². The largest absolute Gasteiger partial charge is 0.456 e. The lowest BCUT2D eigenvalue weighted by Crippen LogP contribution is -2.07. The number of fused-ring (bicyclic) bond motifs is 15. The van der Waals surface area contributed by atoms with Crippen LogP contribution >= 0.6 is 0 Å². The number of para-hydroxylation sites is 2. The van der Waals surface area contributed by atoms with E-state index in [9.17, 15) is 10.5 Å². The molecule has 0 aliphatic heterocycles. The number of benzene rings is 10. The van der Waals surface area contributed by atoms with Gasteiger partial charge in [-0.25, -0.2) is 0 Å². The molecule has 0 N–H and O–H groups in total. The maximum absolute atomic E-state index is 11.3. The molecule has 0 saturated carbocycles. The highest BCUT2D eigenvalue weighted by molar-refractivity contribution is 6.26. The zero-order valence-electron chi connectivity index (χ0n) is 35.1. The van der Waals surface area contributed by atoms with Crippen LogP contribution in [0, 0.1) is 22.7 Å². The van der Waals surface area contributed by atoms with Crippen molar-refractivity contribution >= 4 is 98.3 Å². The van der Waals surface area contributed by atoms with Crippen LogP contribution in [0.4, 0.5) is 0 Å². The molecule has 0 unspecified atom stereocenters. The summed E-state index contributed by atoms with van der Waals surface area (Å²) in [5.41, 5.74) is 13.2. The van der Waals surface area contributed by atoms with Gasteiger partial charge in [-0.1, -0.05) is 115 Å². The number of rotatable bonds is 4. The van der Waals surface area contributed by atoms with E-state index in [0.29, 0.717) is 11.3 Å². The van der Waals surface area contributed by atoms with Crippen LogP contribution in [0.1, 0.15) is 11.1 Å². The highest BCUT2D eigenvalue weighted by Gasteiger charge is 2.27. The minimum absolute atomic E-state index is 0.287.